The molecule has 0 amide bonds. The number of esters is 1. The second-order valence-electron chi connectivity index (χ2n) is 4.47. The Kier molecular flexibility index (Phi) is 6.79. The van der Waals surface area contributed by atoms with Crippen LogP contribution in [-0.4, -0.2) is 19.7 Å². The van der Waals surface area contributed by atoms with E-state index in [4.69, 9.17) is 10.5 Å². The van der Waals surface area contributed by atoms with E-state index in [0.717, 1.165) is 12.8 Å². The van der Waals surface area contributed by atoms with Crippen LogP contribution in [0, 0.1) is 0 Å². The van der Waals surface area contributed by atoms with E-state index in [1.807, 2.05) is 0 Å². The first kappa shape index (κ1) is 15.3. The van der Waals surface area contributed by atoms with Crippen molar-refractivity contribution in [1.29, 1.82) is 0 Å². The van der Waals surface area contributed by atoms with Crippen LogP contribution in [0.2, 0.25) is 0 Å². The Morgan fingerprint density at radius 3 is 2.63 bits per heavy atom. The highest BCUT2D eigenvalue weighted by molar-refractivity contribution is 5.96. The van der Waals surface area contributed by atoms with Crippen LogP contribution in [0.1, 0.15) is 49.4 Å². The van der Waals surface area contributed by atoms with Gasteiger partial charge in [-0.15, -0.1) is 0 Å². The molecular weight excluding hydrogens is 242 g/mol. The molecule has 1 rings (SSSR count). The van der Waals surface area contributed by atoms with Crippen molar-refractivity contribution in [3.05, 3.63) is 23.8 Å². The van der Waals surface area contributed by atoms with Gasteiger partial charge in [0.15, 0.2) is 0 Å². The fourth-order valence-corrected chi connectivity index (χ4v) is 1.85. The van der Waals surface area contributed by atoms with Crippen LogP contribution < -0.4 is 10.5 Å². The number of carbonyl (C=O) groups is 1. The van der Waals surface area contributed by atoms with Crippen LogP contribution in [0.15, 0.2) is 18.2 Å². The first-order valence-corrected chi connectivity index (χ1v) is 6.80. The normalized spacial score (nSPS) is 10.2. The highest BCUT2D eigenvalue weighted by Gasteiger charge is 2.13. The second kappa shape index (κ2) is 8.40. The lowest BCUT2D eigenvalue weighted by Crippen LogP contribution is -2.08. The average molecular weight is 265 g/mol. The van der Waals surface area contributed by atoms with Crippen LogP contribution in [0.25, 0.3) is 0 Å². The van der Waals surface area contributed by atoms with Gasteiger partial charge < -0.3 is 15.2 Å². The summed E-state index contributed by atoms with van der Waals surface area (Å²) in [5, 5.41) is 0. The van der Waals surface area contributed by atoms with Gasteiger partial charge in [-0.25, -0.2) is 4.79 Å². The Balaban J connectivity index is 2.48. The molecule has 0 aliphatic carbocycles. The quantitative estimate of drug-likeness (QED) is 0.444. The van der Waals surface area contributed by atoms with Gasteiger partial charge >= 0.3 is 5.97 Å². The number of rotatable bonds is 8. The van der Waals surface area contributed by atoms with Crippen LogP contribution in [0.4, 0.5) is 5.69 Å². The van der Waals surface area contributed by atoms with Gasteiger partial charge in [0.25, 0.3) is 0 Å². The van der Waals surface area contributed by atoms with Gasteiger partial charge in [0.05, 0.1) is 25.0 Å². The van der Waals surface area contributed by atoms with E-state index in [0.29, 0.717) is 23.6 Å². The monoisotopic (exact) mass is 265 g/mol. The lowest BCUT2D eigenvalue weighted by Gasteiger charge is -2.11. The number of hydrogen-bond acceptors (Lipinski definition) is 4. The standard InChI is InChI=1S/C15H23NO3/c1-3-4-5-6-7-11-19-13-10-8-9-12(14(13)16)15(17)18-2/h8-10H,3-7,11,16H2,1-2H3. The Hall–Kier alpha value is -1.71. The summed E-state index contributed by atoms with van der Waals surface area (Å²) in [6.07, 6.45) is 5.89. The zero-order chi connectivity index (χ0) is 14.1. The van der Waals surface area contributed by atoms with E-state index in [1.54, 1.807) is 18.2 Å². The summed E-state index contributed by atoms with van der Waals surface area (Å²) >= 11 is 0. The number of unbranched alkanes of at least 4 members (excludes halogenated alkanes) is 4. The molecule has 0 heterocycles. The van der Waals surface area contributed by atoms with Crippen LogP contribution in [-0.2, 0) is 4.74 Å². The highest BCUT2D eigenvalue weighted by Crippen LogP contribution is 2.26. The zero-order valence-corrected chi connectivity index (χ0v) is 11.8. The second-order valence-corrected chi connectivity index (χ2v) is 4.47. The molecule has 0 aliphatic heterocycles. The molecule has 0 spiro atoms. The van der Waals surface area contributed by atoms with Crippen molar-refractivity contribution in [1.82, 2.24) is 0 Å². The van der Waals surface area contributed by atoms with E-state index in [-0.39, 0.29) is 0 Å². The van der Waals surface area contributed by atoms with Crippen molar-refractivity contribution >= 4 is 11.7 Å². The Bertz CT molecular complexity index is 404. The first-order chi connectivity index (χ1) is 9.20. The zero-order valence-electron chi connectivity index (χ0n) is 11.8. The molecule has 19 heavy (non-hydrogen) atoms. The number of ether oxygens (including phenoxy) is 2. The topological polar surface area (TPSA) is 61.5 Å². The van der Waals surface area contributed by atoms with Crippen LogP contribution >= 0.6 is 0 Å². The van der Waals surface area contributed by atoms with Crippen LogP contribution in [0.5, 0.6) is 5.75 Å². The van der Waals surface area contributed by atoms with Crippen molar-refractivity contribution in [2.45, 2.75) is 39.0 Å². The van der Waals surface area contributed by atoms with Crippen LogP contribution in [0.3, 0.4) is 0 Å². The fraction of sp³-hybridized carbons (Fsp3) is 0.533. The minimum atomic E-state index is -0.439. The van der Waals surface area contributed by atoms with Gasteiger partial charge in [0.2, 0.25) is 0 Å². The number of nitrogen functional groups attached to an aromatic ring is 1. The number of methoxy groups -OCH3 is 1. The molecule has 0 saturated heterocycles. The molecule has 106 valence electrons. The van der Waals surface area contributed by atoms with E-state index >= 15 is 0 Å². The number of nitrogens with two attached hydrogens (primary N) is 1. The summed E-state index contributed by atoms with van der Waals surface area (Å²) in [6, 6.07) is 5.15. The third kappa shape index (κ3) is 4.81. The molecule has 1 aromatic carbocycles. The fourth-order valence-electron chi connectivity index (χ4n) is 1.85. The summed E-state index contributed by atoms with van der Waals surface area (Å²) in [5.74, 6) is 0.115. The molecule has 0 unspecified atom stereocenters. The van der Waals surface area contributed by atoms with Crippen molar-refractivity contribution in [2.24, 2.45) is 0 Å². The van der Waals surface area contributed by atoms with Gasteiger partial charge in [-0.2, -0.15) is 0 Å². The number of hydrogen-bond donors (Lipinski definition) is 1. The van der Waals surface area contributed by atoms with E-state index in [1.165, 1.54) is 26.4 Å². The van der Waals surface area contributed by atoms with Crippen molar-refractivity contribution < 1.29 is 14.3 Å². The lowest BCUT2D eigenvalue weighted by atomic mass is 10.1. The minimum Gasteiger partial charge on any atom is -0.491 e. The summed E-state index contributed by atoms with van der Waals surface area (Å²) in [4.78, 5) is 11.5. The molecule has 1 aromatic rings. The minimum absolute atomic E-state index is 0.350. The van der Waals surface area contributed by atoms with Gasteiger partial charge in [0, 0.05) is 0 Å². The Morgan fingerprint density at radius 2 is 1.95 bits per heavy atom. The molecule has 2 N–H and O–H groups in total. The average Bonchev–Trinajstić information content (AvgIpc) is 2.43. The van der Waals surface area contributed by atoms with Crippen molar-refractivity contribution in [3.8, 4) is 5.75 Å². The molecule has 0 aromatic heterocycles. The molecular formula is C15H23NO3. The predicted molar refractivity (Wildman–Crippen MR) is 76.4 cm³/mol. The maximum absolute atomic E-state index is 11.5. The number of anilines is 1. The van der Waals surface area contributed by atoms with Gasteiger partial charge in [0.1, 0.15) is 5.75 Å². The lowest BCUT2D eigenvalue weighted by molar-refractivity contribution is 0.0601. The molecule has 0 atom stereocenters. The predicted octanol–water partition coefficient (Wildman–Crippen LogP) is 3.40. The van der Waals surface area contributed by atoms with Crippen molar-refractivity contribution in [3.63, 3.8) is 0 Å². The SMILES string of the molecule is CCCCCCCOc1cccc(C(=O)OC)c1N. The van der Waals surface area contributed by atoms with Gasteiger partial charge in [-0.05, 0) is 18.6 Å². The summed E-state index contributed by atoms with van der Waals surface area (Å²) in [5.41, 5.74) is 6.60. The molecule has 4 nitrogen and oxygen atoms in total. The Morgan fingerprint density at radius 1 is 1.21 bits per heavy atom. The molecule has 0 radical (unpaired) electrons. The smallest absolute Gasteiger partial charge is 0.340 e. The van der Waals surface area contributed by atoms with E-state index in [9.17, 15) is 4.79 Å². The first-order valence-electron chi connectivity index (χ1n) is 6.80. The maximum Gasteiger partial charge on any atom is 0.340 e. The van der Waals surface area contributed by atoms with E-state index < -0.39 is 5.97 Å². The maximum atomic E-state index is 11.5. The third-order valence-electron chi connectivity index (χ3n) is 2.98. The highest BCUT2D eigenvalue weighted by atomic mass is 16.5. The van der Waals surface area contributed by atoms with E-state index in [2.05, 4.69) is 11.7 Å². The molecule has 0 bridgehead atoms. The van der Waals surface area contributed by atoms with Crippen molar-refractivity contribution in [2.75, 3.05) is 19.5 Å². The third-order valence-corrected chi connectivity index (χ3v) is 2.98. The summed E-state index contributed by atoms with van der Waals surface area (Å²) in [7, 11) is 1.34. The summed E-state index contributed by atoms with van der Waals surface area (Å²) in [6.45, 7) is 2.81. The summed E-state index contributed by atoms with van der Waals surface area (Å²) < 4.78 is 10.3. The molecule has 4 heteroatoms. The van der Waals surface area contributed by atoms with Gasteiger partial charge in [-0.1, -0.05) is 38.7 Å². The number of benzene rings is 1. The molecule has 0 fully saturated rings. The number of carbonyl (C=O) groups excluding carboxylic acids is 1. The number of para-hydroxylation sites is 1. The Labute approximate surface area is 114 Å². The van der Waals surface area contributed by atoms with Gasteiger partial charge in [-0.3, -0.25) is 0 Å². The molecule has 0 aliphatic rings. The largest absolute Gasteiger partial charge is 0.491 e. The molecule has 0 saturated carbocycles.